The number of hydrogen-bond donors (Lipinski definition) is 3. The number of nitrogens with zero attached hydrogens (tertiary/aromatic N) is 1. The molecule has 2 amide bonds. The first-order valence-electron chi connectivity index (χ1n) is 5.30. The lowest BCUT2D eigenvalue weighted by molar-refractivity contribution is -0.138. The van der Waals surface area contributed by atoms with Crippen molar-refractivity contribution in [2.75, 3.05) is 39.3 Å². The predicted molar refractivity (Wildman–Crippen MR) is 57.2 cm³/mol. The van der Waals surface area contributed by atoms with Crippen LogP contribution in [0.5, 0.6) is 0 Å². The molecule has 7 nitrogen and oxygen atoms in total. The molecular formula is C9H18N4O3. The topological polar surface area (TPSA) is 96.7 Å². The summed E-state index contributed by atoms with van der Waals surface area (Å²) >= 11 is 0. The van der Waals surface area contributed by atoms with E-state index in [1.165, 1.54) is 0 Å². The Kier molecular flexibility index (Phi) is 5.76. The van der Waals surface area contributed by atoms with Gasteiger partial charge in [-0.05, 0) is 19.5 Å². The van der Waals surface area contributed by atoms with E-state index in [1.807, 2.05) is 4.90 Å². The molecule has 1 heterocycles. The Hall–Kier alpha value is -1.18. The smallest absolute Gasteiger partial charge is 0.257 e. The molecule has 1 rings (SSSR count). The molecule has 1 fully saturated rings. The lowest BCUT2D eigenvalue weighted by Crippen LogP contribution is -2.39. The van der Waals surface area contributed by atoms with Crippen molar-refractivity contribution in [1.82, 2.24) is 15.7 Å². The van der Waals surface area contributed by atoms with Gasteiger partial charge in [-0.2, -0.15) is 0 Å². The Morgan fingerprint density at radius 2 is 2.19 bits per heavy atom. The minimum absolute atomic E-state index is 0.261. The lowest BCUT2D eigenvalue weighted by Gasteiger charge is -2.18. The van der Waals surface area contributed by atoms with Gasteiger partial charge in [0.15, 0.2) is 6.61 Å². The Bertz CT molecular complexity index is 239. The average Bonchev–Trinajstić information content (AvgIpc) is 2.45. The van der Waals surface area contributed by atoms with Crippen LogP contribution in [0.4, 0.5) is 0 Å². The average molecular weight is 230 g/mol. The molecule has 0 spiro atoms. The highest BCUT2D eigenvalue weighted by atomic mass is 16.7. The van der Waals surface area contributed by atoms with E-state index in [0.29, 0.717) is 0 Å². The van der Waals surface area contributed by atoms with E-state index in [-0.39, 0.29) is 19.1 Å². The van der Waals surface area contributed by atoms with Crippen LogP contribution >= 0.6 is 0 Å². The molecule has 16 heavy (non-hydrogen) atoms. The fourth-order valence-electron chi connectivity index (χ4n) is 1.48. The molecule has 7 heteroatoms. The number of carbonyl (C=O) groups excluding carboxylic acids is 2. The molecule has 0 aliphatic carbocycles. The Morgan fingerprint density at radius 1 is 1.38 bits per heavy atom. The summed E-state index contributed by atoms with van der Waals surface area (Å²) in [6.45, 7) is 3.57. The van der Waals surface area contributed by atoms with E-state index < -0.39 is 5.91 Å². The molecule has 0 atom stereocenters. The molecule has 0 unspecified atom stereocenters. The molecular weight excluding hydrogens is 212 g/mol. The zero-order valence-electron chi connectivity index (χ0n) is 9.20. The standard InChI is InChI=1S/C9H18N4O3/c10-8(14)7-16-12-9(15)6-13-4-1-2-11-3-5-13/h11H,1-7H2,(H2,10,14)(H,12,15). The van der Waals surface area contributed by atoms with E-state index in [1.54, 1.807) is 0 Å². The number of hydroxylamine groups is 1. The lowest BCUT2D eigenvalue weighted by atomic mass is 10.4. The number of primary amides is 1. The van der Waals surface area contributed by atoms with Crippen LogP contribution in [0.15, 0.2) is 0 Å². The highest BCUT2D eigenvalue weighted by molar-refractivity contribution is 5.78. The molecule has 4 N–H and O–H groups in total. The molecule has 92 valence electrons. The normalized spacial score (nSPS) is 17.8. The van der Waals surface area contributed by atoms with Crippen LogP contribution in [-0.2, 0) is 14.4 Å². The van der Waals surface area contributed by atoms with Crippen molar-refractivity contribution < 1.29 is 14.4 Å². The first-order chi connectivity index (χ1) is 7.68. The molecule has 1 saturated heterocycles. The second kappa shape index (κ2) is 7.15. The Morgan fingerprint density at radius 3 is 2.94 bits per heavy atom. The summed E-state index contributed by atoms with van der Waals surface area (Å²) in [6.07, 6.45) is 1.02. The highest BCUT2D eigenvalue weighted by Gasteiger charge is 2.12. The van der Waals surface area contributed by atoms with Crippen LogP contribution < -0.4 is 16.5 Å². The summed E-state index contributed by atoms with van der Waals surface area (Å²) in [5.74, 6) is -0.873. The van der Waals surface area contributed by atoms with Crippen molar-refractivity contribution in [3.8, 4) is 0 Å². The minimum Gasteiger partial charge on any atom is -0.368 e. The van der Waals surface area contributed by atoms with E-state index in [0.717, 1.165) is 32.6 Å². The van der Waals surface area contributed by atoms with Gasteiger partial charge in [-0.3, -0.25) is 19.3 Å². The molecule has 0 aromatic rings. The largest absolute Gasteiger partial charge is 0.368 e. The van der Waals surface area contributed by atoms with Crippen molar-refractivity contribution in [1.29, 1.82) is 0 Å². The van der Waals surface area contributed by atoms with Crippen LogP contribution in [0, 0.1) is 0 Å². The molecule has 0 bridgehead atoms. The van der Waals surface area contributed by atoms with Gasteiger partial charge in [0, 0.05) is 13.1 Å². The second-order valence-electron chi connectivity index (χ2n) is 3.66. The third kappa shape index (κ3) is 5.64. The highest BCUT2D eigenvalue weighted by Crippen LogP contribution is 1.94. The van der Waals surface area contributed by atoms with Gasteiger partial charge in [-0.1, -0.05) is 0 Å². The fraction of sp³-hybridized carbons (Fsp3) is 0.778. The quantitative estimate of drug-likeness (QED) is 0.466. The third-order valence-electron chi connectivity index (χ3n) is 2.20. The number of nitrogens with two attached hydrogens (primary N) is 1. The molecule has 1 aliphatic rings. The van der Waals surface area contributed by atoms with Crippen LogP contribution in [0.3, 0.4) is 0 Å². The predicted octanol–water partition coefficient (Wildman–Crippen LogP) is -2.19. The number of carbonyl (C=O) groups is 2. The number of rotatable bonds is 5. The van der Waals surface area contributed by atoms with Gasteiger partial charge in [0.25, 0.3) is 5.91 Å². The van der Waals surface area contributed by atoms with Crippen LogP contribution in [0.2, 0.25) is 0 Å². The molecule has 0 aromatic carbocycles. The van der Waals surface area contributed by atoms with Crippen LogP contribution in [0.1, 0.15) is 6.42 Å². The zero-order valence-corrected chi connectivity index (χ0v) is 9.20. The molecule has 0 aromatic heterocycles. The summed E-state index contributed by atoms with van der Waals surface area (Å²) in [7, 11) is 0. The van der Waals surface area contributed by atoms with Gasteiger partial charge < -0.3 is 11.1 Å². The molecule has 0 saturated carbocycles. The molecule has 0 radical (unpaired) electrons. The van der Waals surface area contributed by atoms with E-state index in [2.05, 4.69) is 15.6 Å². The van der Waals surface area contributed by atoms with Crippen molar-refractivity contribution in [3.63, 3.8) is 0 Å². The van der Waals surface area contributed by atoms with Crippen molar-refractivity contribution in [3.05, 3.63) is 0 Å². The van der Waals surface area contributed by atoms with Crippen molar-refractivity contribution in [2.45, 2.75) is 6.42 Å². The summed E-state index contributed by atoms with van der Waals surface area (Å²) in [6, 6.07) is 0. The van der Waals surface area contributed by atoms with E-state index >= 15 is 0 Å². The Labute approximate surface area is 94.2 Å². The maximum absolute atomic E-state index is 11.4. The first kappa shape index (κ1) is 12.9. The summed E-state index contributed by atoms with van der Waals surface area (Å²) in [5, 5.41) is 3.24. The molecule has 1 aliphatic heterocycles. The first-order valence-corrected chi connectivity index (χ1v) is 5.30. The maximum atomic E-state index is 11.4. The van der Waals surface area contributed by atoms with Gasteiger partial charge >= 0.3 is 0 Å². The summed E-state index contributed by atoms with van der Waals surface area (Å²) in [5.41, 5.74) is 7.03. The van der Waals surface area contributed by atoms with Gasteiger partial charge in [-0.15, -0.1) is 0 Å². The monoisotopic (exact) mass is 230 g/mol. The van der Waals surface area contributed by atoms with Gasteiger partial charge in [-0.25, -0.2) is 5.48 Å². The summed E-state index contributed by atoms with van der Waals surface area (Å²) in [4.78, 5) is 28.3. The number of nitrogens with one attached hydrogen (secondary N) is 2. The van der Waals surface area contributed by atoms with Crippen molar-refractivity contribution in [2.24, 2.45) is 5.73 Å². The van der Waals surface area contributed by atoms with Crippen LogP contribution in [0.25, 0.3) is 0 Å². The SMILES string of the molecule is NC(=O)CONC(=O)CN1CCCNCC1. The number of amides is 2. The maximum Gasteiger partial charge on any atom is 0.257 e. The fourth-order valence-corrected chi connectivity index (χ4v) is 1.48. The van der Waals surface area contributed by atoms with E-state index in [9.17, 15) is 9.59 Å². The summed E-state index contributed by atoms with van der Waals surface area (Å²) < 4.78 is 0. The van der Waals surface area contributed by atoms with Gasteiger partial charge in [0.05, 0.1) is 6.54 Å². The third-order valence-corrected chi connectivity index (χ3v) is 2.20. The van der Waals surface area contributed by atoms with Gasteiger partial charge in [0.1, 0.15) is 0 Å². The minimum atomic E-state index is -0.612. The Balaban J connectivity index is 2.14. The van der Waals surface area contributed by atoms with E-state index in [4.69, 9.17) is 5.73 Å². The van der Waals surface area contributed by atoms with Gasteiger partial charge in [0.2, 0.25) is 5.91 Å². The zero-order chi connectivity index (χ0) is 11.8. The van der Waals surface area contributed by atoms with Crippen LogP contribution in [-0.4, -0.2) is 56.0 Å². The number of hydrogen-bond acceptors (Lipinski definition) is 5. The van der Waals surface area contributed by atoms with Crippen molar-refractivity contribution >= 4 is 11.8 Å². The second-order valence-corrected chi connectivity index (χ2v) is 3.66.